The largest absolute Gasteiger partial charge is 0.383 e. The molecule has 1 rings (SSSR count). The molecule has 1 aliphatic heterocycles. The van der Waals surface area contributed by atoms with E-state index in [1.165, 1.54) is 0 Å². The van der Waals surface area contributed by atoms with Crippen molar-refractivity contribution in [3.05, 3.63) is 0 Å². The lowest BCUT2D eigenvalue weighted by molar-refractivity contribution is -0.125. The van der Waals surface area contributed by atoms with E-state index in [0.717, 1.165) is 19.5 Å². The van der Waals surface area contributed by atoms with Gasteiger partial charge in [-0.25, -0.2) is 0 Å². The lowest BCUT2D eigenvalue weighted by atomic mass is 10.2. The van der Waals surface area contributed by atoms with Crippen LogP contribution in [0.25, 0.3) is 0 Å². The van der Waals surface area contributed by atoms with E-state index < -0.39 is 0 Å². The third-order valence-corrected chi connectivity index (χ3v) is 2.64. The summed E-state index contributed by atoms with van der Waals surface area (Å²) in [6, 6.07) is 0.106. The first-order valence-corrected chi connectivity index (χ1v) is 5.86. The Morgan fingerprint density at radius 3 is 3.06 bits per heavy atom. The monoisotopic (exact) mass is 230 g/mol. The lowest BCUT2D eigenvalue weighted by Crippen LogP contribution is -2.44. The molecule has 94 valence electrons. The molecule has 5 nitrogen and oxygen atoms in total. The average molecular weight is 230 g/mol. The van der Waals surface area contributed by atoms with Crippen LogP contribution in [0.2, 0.25) is 0 Å². The lowest BCUT2D eigenvalue weighted by Gasteiger charge is -2.24. The summed E-state index contributed by atoms with van der Waals surface area (Å²) in [5.74, 6) is 0.0394. The van der Waals surface area contributed by atoms with Gasteiger partial charge in [-0.05, 0) is 6.42 Å². The molecule has 1 aliphatic rings. The van der Waals surface area contributed by atoms with Gasteiger partial charge in [0, 0.05) is 20.2 Å². The van der Waals surface area contributed by atoms with E-state index >= 15 is 0 Å². The zero-order valence-electron chi connectivity index (χ0n) is 10.1. The Hall–Kier alpha value is -0.650. The Morgan fingerprint density at radius 2 is 2.50 bits per heavy atom. The molecule has 0 aliphatic carbocycles. The topological polar surface area (TPSA) is 59.6 Å². The van der Waals surface area contributed by atoms with E-state index in [9.17, 15) is 4.79 Å². The van der Waals surface area contributed by atoms with Crippen LogP contribution in [0, 0.1) is 0 Å². The molecule has 1 saturated heterocycles. The number of rotatable bonds is 6. The first-order chi connectivity index (χ1) is 7.76. The number of nitrogens with one attached hydrogen (secondary N) is 2. The molecule has 0 saturated carbocycles. The second kappa shape index (κ2) is 7.60. The number of amides is 1. The van der Waals surface area contributed by atoms with Gasteiger partial charge in [-0.3, -0.25) is 4.79 Å². The predicted molar refractivity (Wildman–Crippen MR) is 61.3 cm³/mol. The molecular weight excluding hydrogens is 208 g/mol. The summed E-state index contributed by atoms with van der Waals surface area (Å²) < 4.78 is 10.5. The highest BCUT2D eigenvalue weighted by Crippen LogP contribution is 2.02. The molecule has 0 aromatic heterocycles. The molecule has 1 heterocycles. The predicted octanol–water partition coefficient (Wildman–Crippen LogP) is -0.0939. The van der Waals surface area contributed by atoms with Crippen molar-refractivity contribution >= 4 is 5.91 Å². The van der Waals surface area contributed by atoms with Crippen molar-refractivity contribution < 1.29 is 14.3 Å². The van der Waals surface area contributed by atoms with Gasteiger partial charge in [-0.1, -0.05) is 6.92 Å². The van der Waals surface area contributed by atoms with Crippen LogP contribution in [0.5, 0.6) is 0 Å². The van der Waals surface area contributed by atoms with E-state index in [1.54, 1.807) is 7.11 Å². The number of hydrogen-bond donors (Lipinski definition) is 2. The summed E-state index contributed by atoms with van der Waals surface area (Å²) >= 11 is 0. The third-order valence-electron chi connectivity index (χ3n) is 2.64. The molecule has 0 aromatic carbocycles. The van der Waals surface area contributed by atoms with Gasteiger partial charge in [0.2, 0.25) is 5.91 Å². The van der Waals surface area contributed by atoms with Gasteiger partial charge >= 0.3 is 0 Å². The molecular formula is C11H22N2O3. The maximum Gasteiger partial charge on any atom is 0.222 e. The van der Waals surface area contributed by atoms with Gasteiger partial charge in [0.05, 0.1) is 31.8 Å². The molecule has 1 amide bonds. The fraction of sp³-hybridized carbons (Fsp3) is 0.909. The van der Waals surface area contributed by atoms with Gasteiger partial charge in [-0.15, -0.1) is 0 Å². The van der Waals surface area contributed by atoms with Crippen molar-refractivity contribution in [1.82, 2.24) is 10.6 Å². The van der Waals surface area contributed by atoms with E-state index in [0.29, 0.717) is 19.6 Å². The zero-order chi connectivity index (χ0) is 11.8. The molecule has 2 N–H and O–H groups in total. The van der Waals surface area contributed by atoms with E-state index in [2.05, 4.69) is 10.6 Å². The van der Waals surface area contributed by atoms with Crippen LogP contribution in [0.3, 0.4) is 0 Å². The highest BCUT2D eigenvalue weighted by atomic mass is 16.5. The van der Waals surface area contributed by atoms with Gasteiger partial charge in [0.15, 0.2) is 0 Å². The summed E-state index contributed by atoms with van der Waals surface area (Å²) in [5.41, 5.74) is 0. The van der Waals surface area contributed by atoms with Gasteiger partial charge in [-0.2, -0.15) is 0 Å². The summed E-state index contributed by atoms with van der Waals surface area (Å²) in [4.78, 5) is 11.7. The quantitative estimate of drug-likeness (QED) is 0.669. The Kier molecular flexibility index (Phi) is 6.37. The minimum absolute atomic E-state index is 0.00815. The van der Waals surface area contributed by atoms with Crippen molar-refractivity contribution in [1.29, 1.82) is 0 Å². The van der Waals surface area contributed by atoms with E-state index in [4.69, 9.17) is 9.47 Å². The van der Waals surface area contributed by atoms with Crippen LogP contribution in [-0.2, 0) is 14.3 Å². The Labute approximate surface area is 96.9 Å². The minimum atomic E-state index is 0.00815. The van der Waals surface area contributed by atoms with Gasteiger partial charge in [0.1, 0.15) is 0 Å². The van der Waals surface area contributed by atoms with Crippen molar-refractivity contribution in [3.63, 3.8) is 0 Å². The molecule has 5 heteroatoms. The summed E-state index contributed by atoms with van der Waals surface area (Å²) in [5, 5.41) is 6.15. The summed E-state index contributed by atoms with van der Waals surface area (Å²) in [7, 11) is 1.64. The van der Waals surface area contributed by atoms with Crippen LogP contribution in [-0.4, -0.2) is 51.5 Å². The van der Waals surface area contributed by atoms with Crippen molar-refractivity contribution in [2.75, 3.05) is 33.4 Å². The molecule has 2 unspecified atom stereocenters. The molecule has 16 heavy (non-hydrogen) atoms. The van der Waals surface area contributed by atoms with Crippen molar-refractivity contribution in [2.24, 2.45) is 0 Å². The molecule has 0 aromatic rings. The maximum absolute atomic E-state index is 11.7. The normalized spacial score (nSPS) is 22.8. The Balaban J connectivity index is 2.22. The van der Waals surface area contributed by atoms with Crippen molar-refractivity contribution in [2.45, 2.75) is 31.9 Å². The molecule has 1 fully saturated rings. The number of hydrogen-bond acceptors (Lipinski definition) is 4. The second-order valence-electron chi connectivity index (χ2n) is 4.03. The van der Waals surface area contributed by atoms with Crippen LogP contribution in [0.4, 0.5) is 0 Å². The number of morpholine rings is 1. The SMILES string of the molecule is CCC(COC)NC(=O)CC1CNCCO1. The second-order valence-corrected chi connectivity index (χ2v) is 4.03. The van der Waals surface area contributed by atoms with E-state index in [1.807, 2.05) is 6.92 Å². The zero-order valence-corrected chi connectivity index (χ0v) is 10.1. The number of carbonyl (C=O) groups is 1. The van der Waals surface area contributed by atoms with Crippen molar-refractivity contribution in [3.8, 4) is 0 Å². The number of ether oxygens (including phenoxy) is 2. The fourth-order valence-corrected chi connectivity index (χ4v) is 1.71. The Bertz CT molecular complexity index is 197. The fourth-order valence-electron chi connectivity index (χ4n) is 1.71. The third kappa shape index (κ3) is 4.92. The number of carbonyl (C=O) groups excluding carboxylic acids is 1. The molecule has 0 spiro atoms. The molecule has 0 bridgehead atoms. The smallest absolute Gasteiger partial charge is 0.222 e. The molecule has 0 radical (unpaired) electrons. The van der Waals surface area contributed by atoms with E-state index in [-0.39, 0.29) is 18.1 Å². The average Bonchev–Trinajstić information content (AvgIpc) is 2.29. The summed E-state index contributed by atoms with van der Waals surface area (Å²) in [6.45, 7) is 4.91. The minimum Gasteiger partial charge on any atom is -0.383 e. The van der Waals surface area contributed by atoms with Gasteiger partial charge < -0.3 is 20.1 Å². The highest BCUT2D eigenvalue weighted by molar-refractivity contribution is 5.76. The van der Waals surface area contributed by atoms with Crippen LogP contribution < -0.4 is 10.6 Å². The van der Waals surface area contributed by atoms with Crippen LogP contribution >= 0.6 is 0 Å². The maximum atomic E-state index is 11.7. The van der Waals surface area contributed by atoms with Crippen LogP contribution in [0.1, 0.15) is 19.8 Å². The Morgan fingerprint density at radius 1 is 1.69 bits per heavy atom. The highest BCUT2D eigenvalue weighted by Gasteiger charge is 2.18. The molecule has 2 atom stereocenters. The standard InChI is InChI=1S/C11H22N2O3/c1-3-9(8-15-2)13-11(14)6-10-7-12-4-5-16-10/h9-10,12H,3-8H2,1-2H3,(H,13,14). The first kappa shape index (κ1) is 13.4. The van der Waals surface area contributed by atoms with Gasteiger partial charge in [0.25, 0.3) is 0 Å². The van der Waals surface area contributed by atoms with Crippen LogP contribution in [0.15, 0.2) is 0 Å². The summed E-state index contributed by atoms with van der Waals surface area (Å²) in [6.07, 6.45) is 1.31. The first-order valence-electron chi connectivity index (χ1n) is 5.86. The number of methoxy groups -OCH3 is 1.